The number of amides is 1. The van der Waals surface area contributed by atoms with Crippen molar-refractivity contribution < 1.29 is 19.2 Å². The third-order valence-electron chi connectivity index (χ3n) is 2.66. The third-order valence-corrected chi connectivity index (χ3v) is 2.66. The highest BCUT2D eigenvalue weighted by Gasteiger charge is 2.30. The van der Waals surface area contributed by atoms with Crippen molar-refractivity contribution >= 4 is 12.2 Å². The van der Waals surface area contributed by atoms with E-state index in [-0.39, 0.29) is 18.5 Å². The molecule has 0 fully saturated rings. The molecule has 0 aromatic carbocycles. The van der Waals surface area contributed by atoms with Crippen LogP contribution in [0.2, 0.25) is 0 Å². The van der Waals surface area contributed by atoms with Gasteiger partial charge in [0.25, 0.3) is 0 Å². The molecule has 0 aliphatic rings. The second-order valence-corrected chi connectivity index (χ2v) is 5.26. The largest absolute Gasteiger partial charge is 0.385 e. The first-order chi connectivity index (χ1) is 8.82. The Morgan fingerprint density at radius 2 is 2.00 bits per heavy atom. The molecule has 0 aliphatic heterocycles. The quantitative estimate of drug-likeness (QED) is 0.303. The Hall–Kier alpha value is -1.24. The first kappa shape index (κ1) is 17.8. The van der Waals surface area contributed by atoms with Gasteiger partial charge in [-0.25, -0.2) is 0 Å². The fourth-order valence-corrected chi connectivity index (χ4v) is 1.66. The molecule has 6 nitrogen and oxygen atoms in total. The summed E-state index contributed by atoms with van der Waals surface area (Å²) in [6.45, 7) is 2.28. The van der Waals surface area contributed by atoms with E-state index in [0.717, 1.165) is 0 Å². The van der Waals surface area contributed by atoms with Crippen molar-refractivity contribution in [3.63, 3.8) is 0 Å². The zero-order valence-electron chi connectivity index (χ0n) is 12.2. The summed E-state index contributed by atoms with van der Waals surface area (Å²) in [6, 6.07) is 0. The van der Waals surface area contributed by atoms with Gasteiger partial charge >= 0.3 is 0 Å². The SMILES string of the molecule is CCC(=O)NC=CCNC(C(O)CC=O)[N+](C)(C)C. The summed E-state index contributed by atoms with van der Waals surface area (Å²) >= 11 is 0. The van der Waals surface area contributed by atoms with Gasteiger partial charge in [-0.05, 0) is 0 Å². The number of nitrogens with zero attached hydrogens (tertiary/aromatic N) is 1. The van der Waals surface area contributed by atoms with Crippen molar-refractivity contribution in [1.29, 1.82) is 0 Å². The minimum atomic E-state index is -0.740. The summed E-state index contributed by atoms with van der Waals surface area (Å²) < 4.78 is 0.490. The first-order valence-electron chi connectivity index (χ1n) is 6.43. The van der Waals surface area contributed by atoms with E-state index in [1.54, 1.807) is 19.2 Å². The monoisotopic (exact) mass is 272 g/mol. The van der Waals surface area contributed by atoms with Gasteiger partial charge in [0.15, 0.2) is 6.17 Å². The van der Waals surface area contributed by atoms with E-state index in [0.29, 0.717) is 23.7 Å². The van der Waals surface area contributed by atoms with E-state index in [2.05, 4.69) is 10.6 Å². The van der Waals surface area contributed by atoms with Crippen LogP contribution in [0.1, 0.15) is 19.8 Å². The van der Waals surface area contributed by atoms with Crippen LogP contribution in [0.15, 0.2) is 12.3 Å². The normalized spacial score (nSPS) is 15.2. The molecule has 0 aromatic heterocycles. The Morgan fingerprint density at radius 3 is 2.47 bits per heavy atom. The van der Waals surface area contributed by atoms with Crippen LogP contribution in [0, 0.1) is 0 Å². The van der Waals surface area contributed by atoms with Crippen molar-refractivity contribution in [1.82, 2.24) is 10.6 Å². The lowest BCUT2D eigenvalue weighted by molar-refractivity contribution is -0.903. The average Bonchev–Trinajstić information content (AvgIpc) is 2.31. The summed E-state index contributed by atoms with van der Waals surface area (Å²) in [5, 5.41) is 15.7. The average molecular weight is 272 g/mol. The Bertz CT molecular complexity index is 311. The van der Waals surface area contributed by atoms with Gasteiger partial charge in [-0.2, -0.15) is 0 Å². The number of nitrogens with one attached hydrogen (secondary N) is 2. The molecule has 3 N–H and O–H groups in total. The van der Waals surface area contributed by atoms with Crippen LogP contribution in [-0.2, 0) is 9.59 Å². The number of carbonyl (C=O) groups is 2. The molecule has 0 aromatic rings. The number of quaternary nitrogens is 1. The van der Waals surface area contributed by atoms with Gasteiger partial charge in [-0.1, -0.05) is 13.0 Å². The van der Waals surface area contributed by atoms with Crippen molar-refractivity contribution in [2.75, 3.05) is 27.7 Å². The zero-order chi connectivity index (χ0) is 14.9. The van der Waals surface area contributed by atoms with E-state index >= 15 is 0 Å². The highest BCUT2D eigenvalue weighted by Crippen LogP contribution is 2.07. The summed E-state index contributed by atoms with van der Waals surface area (Å²) in [6.07, 6.45) is 3.61. The fourth-order valence-electron chi connectivity index (χ4n) is 1.66. The number of hydrogen-bond donors (Lipinski definition) is 3. The number of carbonyl (C=O) groups excluding carboxylic acids is 2. The highest BCUT2D eigenvalue weighted by molar-refractivity contribution is 5.76. The number of likely N-dealkylation sites (N-methyl/N-ethyl adjacent to an activating group) is 1. The molecule has 0 saturated heterocycles. The van der Waals surface area contributed by atoms with Gasteiger partial charge < -0.3 is 19.7 Å². The summed E-state index contributed by atoms with van der Waals surface area (Å²) in [5.74, 6) is -0.0413. The fraction of sp³-hybridized carbons (Fsp3) is 0.692. The van der Waals surface area contributed by atoms with Crippen LogP contribution in [-0.4, -0.2) is 61.7 Å². The number of aliphatic hydroxyl groups is 1. The van der Waals surface area contributed by atoms with Crippen molar-refractivity contribution in [3.05, 3.63) is 12.3 Å². The van der Waals surface area contributed by atoms with E-state index < -0.39 is 6.10 Å². The predicted octanol–water partition coefficient (Wildman–Crippen LogP) is -0.402. The van der Waals surface area contributed by atoms with Crippen LogP contribution in [0.3, 0.4) is 0 Å². The molecule has 6 heteroatoms. The van der Waals surface area contributed by atoms with E-state index in [9.17, 15) is 14.7 Å². The Labute approximate surface area is 115 Å². The predicted molar refractivity (Wildman–Crippen MR) is 74.1 cm³/mol. The number of aliphatic hydroxyl groups excluding tert-OH is 1. The lowest BCUT2D eigenvalue weighted by atomic mass is 10.2. The highest BCUT2D eigenvalue weighted by atomic mass is 16.3. The minimum Gasteiger partial charge on any atom is -0.385 e. The summed E-state index contributed by atoms with van der Waals surface area (Å²) in [5.41, 5.74) is 0. The Morgan fingerprint density at radius 1 is 1.37 bits per heavy atom. The van der Waals surface area contributed by atoms with Crippen LogP contribution < -0.4 is 10.6 Å². The van der Waals surface area contributed by atoms with Gasteiger partial charge in [-0.3, -0.25) is 10.1 Å². The van der Waals surface area contributed by atoms with Crippen molar-refractivity contribution in [2.45, 2.75) is 32.0 Å². The molecule has 110 valence electrons. The zero-order valence-corrected chi connectivity index (χ0v) is 12.2. The number of rotatable bonds is 9. The first-order valence-corrected chi connectivity index (χ1v) is 6.43. The smallest absolute Gasteiger partial charge is 0.223 e. The number of hydrogen-bond acceptors (Lipinski definition) is 4. The lowest BCUT2D eigenvalue weighted by Gasteiger charge is -2.36. The molecule has 19 heavy (non-hydrogen) atoms. The maximum Gasteiger partial charge on any atom is 0.223 e. The topological polar surface area (TPSA) is 78.4 Å². The maximum atomic E-state index is 11.0. The second-order valence-electron chi connectivity index (χ2n) is 5.26. The van der Waals surface area contributed by atoms with Crippen LogP contribution >= 0.6 is 0 Å². The van der Waals surface area contributed by atoms with Gasteiger partial charge in [-0.15, -0.1) is 0 Å². The molecule has 0 heterocycles. The van der Waals surface area contributed by atoms with E-state index in [1.165, 1.54) is 0 Å². The lowest BCUT2D eigenvalue weighted by Crippen LogP contribution is -2.59. The molecule has 1 amide bonds. The van der Waals surface area contributed by atoms with Crippen molar-refractivity contribution in [2.24, 2.45) is 0 Å². The van der Waals surface area contributed by atoms with Crippen molar-refractivity contribution in [3.8, 4) is 0 Å². The van der Waals surface area contributed by atoms with Gasteiger partial charge in [0.2, 0.25) is 5.91 Å². The molecular weight excluding hydrogens is 246 g/mol. The van der Waals surface area contributed by atoms with E-state index in [4.69, 9.17) is 0 Å². The molecule has 0 radical (unpaired) electrons. The van der Waals surface area contributed by atoms with Crippen LogP contribution in [0.25, 0.3) is 0 Å². The molecule has 2 atom stereocenters. The molecule has 0 spiro atoms. The molecule has 0 aliphatic carbocycles. The summed E-state index contributed by atoms with van der Waals surface area (Å²) in [4.78, 5) is 21.5. The second kappa shape index (κ2) is 8.79. The standard InChI is InChI=1S/C13H25N3O3/c1-5-12(19)14-8-6-9-15-13(16(2,3)4)11(18)7-10-17/h6,8,10-11,13,15,18H,5,7,9H2,1-4H3/p+1. The number of aldehydes is 1. The van der Waals surface area contributed by atoms with E-state index in [1.807, 2.05) is 21.1 Å². The molecule has 0 bridgehead atoms. The van der Waals surface area contributed by atoms with Crippen LogP contribution in [0.5, 0.6) is 0 Å². The molecule has 0 saturated carbocycles. The Kier molecular flexibility index (Phi) is 8.22. The third kappa shape index (κ3) is 7.71. The maximum absolute atomic E-state index is 11.0. The Balaban J connectivity index is 4.28. The minimum absolute atomic E-state index is 0.0413. The molecule has 2 unspecified atom stereocenters. The molecular formula is C13H26N3O3+. The van der Waals surface area contributed by atoms with Gasteiger partial charge in [0.1, 0.15) is 12.4 Å². The van der Waals surface area contributed by atoms with Gasteiger partial charge in [0, 0.05) is 25.6 Å². The van der Waals surface area contributed by atoms with Gasteiger partial charge in [0.05, 0.1) is 21.1 Å². The summed E-state index contributed by atoms with van der Waals surface area (Å²) in [7, 11) is 5.82. The molecule has 0 rings (SSSR count). The van der Waals surface area contributed by atoms with Crippen LogP contribution in [0.4, 0.5) is 0 Å².